The maximum Gasteiger partial charge on any atom is 0.311 e. The molecule has 0 aromatic carbocycles. The van der Waals surface area contributed by atoms with Crippen LogP contribution < -0.4 is 0 Å². The summed E-state index contributed by atoms with van der Waals surface area (Å²) in [6, 6.07) is 0. The maximum absolute atomic E-state index is 10.1. The number of hydrogen-bond acceptors (Lipinski definition) is 4. The minimum absolute atomic E-state index is 0.0451. The summed E-state index contributed by atoms with van der Waals surface area (Å²) in [7, 11) is 0. The lowest BCUT2D eigenvalue weighted by Gasteiger charge is -1.92. The van der Waals surface area contributed by atoms with E-state index in [1.807, 2.05) is 0 Å². The van der Waals surface area contributed by atoms with Gasteiger partial charge in [0.2, 0.25) is 11.6 Å². The van der Waals surface area contributed by atoms with Crippen LogP contribution in [0, 0.1) is 6.33 Å². The number of aliphatic carboxylic acids is 1. The van der Waals surface area contributed by atoms with Crippen molar-refractivity contribution in [3.8, 4) is 0 Å². The third-order valence-electron chi connectivity index (χ3n) is 0.852. The topological polar surface area (TPSA) is 76.0 Å². The number of nitrogens with zero attached hydrogens (tertiary/aromatic N) is 3. The summed E-state index contributed by atoms with van der Waals surface area (Å²) in [6.45, 7) is 0. The fraction of sp³-hybridized carbons (Fsp3) is 0.200. The zero-order valence-electron chi connectivity index (χ0n) is 5.28. The molecule has 11 heavy (non-hydrogen) atoms. The first-order valence-electron chi connectivity index (χ1n) is 2.67. The Hall–Kier alpha value is -1.23. The van der Waals surface area contributed by atoms with Crippen LogP contribution in [0.2, 0.25) is 5.28 Å². The molecule has 0 saturated carbocycles. The van der Waals surface area contributed by atoms with Crippen molar-refractivity contribution >= 4 is 17.6 Å². The van der Waals surface area contributed by atoms with Gasteiger partial charge in [0.1, 0.15) is 12.2 Å². The molecule has 0 bridgehead atoms. The van der Waals surface area contributed by atoms with Crippen LogP contribution in [-0.4, -0.2) is 26.0 Å². The summed E-state index contributed by atoms with van der Waals surface area (Å²) in [5.41, 5.74) is 0. The van der Waals surface area contributed by atoms with Crippen molar-refractivity contribution in [2.75, 3.05) is 0 Å². The Bertz CT molecular complexity index is 278. The predicted molar refractivity (Wildman–Crippen MR) is 35.0 cm³/mol. The Balaban J connectivity index is 2.79. The van der Waals surface area contributed by atoms with Crippen LogP contribution in [-0.2, 0) is 11.2 Å². The van der Waals surface area contributed by atoms with Gasteiger partial charge in [0, 0.05) is 0 Å². The summed E-state index contributed by atoms with van der Waals surface area (Å²) >= 11 is 5.34. The number of carbonyl (C=O) groups is 1. The Kier molecular flexibility index (Phi) is 2.32. The molecule has 1 rings (SSSR count). The second kappa shape index (κ2) is 3.25. The van der Waals surface area contributed by atoms with Crippen LogP contribution in [0.5, 0.6) is 0 Å². The summed E-state index contributed by atoms with van der Waals surface area (Å²) in [6.07, 6.45) is 1.91. The van der Waals surface area contributed by atoms with Gasteiger partial charge >= 0.3 is 5.97 Å². The monoisotopic (exact) mass is 172 g/mol. The van der Waals surface area contributed by atoms with Gasteiger partial charge in [-0.25, -0.2) is 9.97 Å². The van der Waals surface area contributed by atoms with Gasteiger partial charge in [0.25, 0.3) is 0 Å². The molecule has 0 fully saturated rings. The van der Waals surface area contributed by atoms with Crippen molar-refractivity contribution in [3.05, 3.63) is 17.4 Å². The van der Waals surface area contributed by atoms with Crippen LogP contribution in [0.3, 0.4) is 0 Å². The molecule has 0 aliphatic rings. The SMILES string of the molecule is O=C(O)Cc1n[c]nc(Cl)n1. The number of carboxylic acids is 1. The normalized spacial score (nSPS) is 9.55. The first-order valence-corrected chi connectivity index (χ1v) is 3.04. The van der Waals surface area contributed by atoms with Crippen LogP contribution in [0.15, 0.2) is 0 Å². The minimum Gasteiger partial charge on any atom is -0.481 e. The van der Waals surface area contributed by atoms with E-state index < -0.39 is 5.97 Å². The Labute approximate surface area is 67.1 Å². The highest BCUT2D eigenvalue weighted by Gasteiger charge is 2.03. The van der Waals surface area contributed by atoms with E-state index in [0.29, 0.717) is 0 Å². The average molecular weight is 173 g/mol. The Morgan fingerprint density at radius 3 is 2.91 bits per heavy atom. The maximum atomic E-state index is 10.1. The molecule has 0 atom stereocenters. The molecule has 0 amide bonds. The highest BCUT2D eigenvalue weighted by atomic mass is 35.5. The Morgan fingerprint density at radius 2 is 2.36 bits per heavy atom. The quantitative estimate of drug-likeness (QED) is 0.677. The van der Waals surface area contributed by atoms with Crippen LogP contribution in [0.4, 0.5) is 0 Å². The molecular formula is C5H3ClN3O2. The van der Waals surface area contributed by atoms with Crippen molar-refractivity contribution in [2.45, 2.75) is 6.42 Å². The average Bonchev–Trinajstić information content (AvgIpc) is 1.85. The number of rotatable bonds is 2. The lowest BCUT2D eigenvalue weighted by molar-refractivity contribution is -0.136. The molecule has 0 aliphatic heterocycles. The lowest BCUT2D eigenvalue weighted by Crippen LogP contribution is -2.05. The largest absolute Gasteiger partial charge is 0.481 e. The number of halogens is 1. The van der Waals surface area contributed by atoms with Gasteiger partial charge < -0.3 is 5.11 Å². The van der Waals surface area contributed by atoms with Crippen molar-refractivity contribution in [2.24, 2.45) is 0 Å². The van der Waals surface area contributed by atoms with Crippen LogP contribution in [0.1, 0.15) is 5.82 Å². The van der Waals surface area contributed by atoms with Crippen LogP contribution >= 0.6 is 11.6 Å². The van der Waals surface area contributed by atoms with E-state index in [1.54, 1.807) is 0 Å². The molecule has 0 spiro atoms. The van der Waals surface area contributed by atoms with E-state index in [4.69, 9.17) is 16.7 Å². The fourth-order valence-electron chi connectivity index (χ4n) is 0.495. The van der Waals surface area contributed by atoms with Gasteiger partial charge in [-0.3, -0.25) is 4.79 Å². The highest BCUT2D eigenvalue weighted by molar-refractivity contribution is 6.28. The Morgan fingerprint density at radius 1 is 1.64 bits per heavy atom. The van der Waals surface area contributed by atoms with E-state index in [0.717, 1.165) is 0 Å². The molecule has 0 unspecified atom stereocenters. The van der Waals surface area contributed by atoms with Crippen molar-refractivity contribution in [1.29, 1.82) is 0 Å². The zero-order chi connectivity index (χ0) is 8.27. The highest BCUT2D eigenvalue weighted by Crippen LogP contribution is 1.97. The third-order valence-corrected chi connectivity index (χ3v) is 1.02. The van der Waals surface area contributed by atoms with E-state index in [2.05, 4.69) is 21.3 Å². The summed E-state index contributed by atoms with van der Waals surface area (Å²) in [4.78, 5) is 20.5. The summed E-state index contributed by atoms with van der Waals surface area (Å²) in [5, 5.41) is 8.26. The molecule has 0 saturated heterocycles. The van der Waals surface area contributed by atoms with E-state index >= 15 is 0 Å². The van der Waals surface area contributed by atoms with Crippen molar-refractivity contribution in [1.82, 2.24) is 15.0 Å². The molecule has 1 aromatic heterocycles. The second-order valence-corrected chi connectivity index (χ2v) is 2.03. The lowest BCUT2D eigenvalue weighted by atomic mass is 10.4. The molecule has 1 aromatic rings. The molecule has 6 heteroatoms. The van der Waals surface area contributed by atoms with Gasteiger partial charge in [0.15, 0.2) is 0 Å². The minimum atomic E-state index is -1.01. The first-order chi connectivity index (χ1) is 5.18. The van der Waals surface area contributed by atoms with Gasteiger partial charge in [-0.2, -0.15) is 4.98 Å². The van der Waals surface area contributed by atoms with Gasteiger partial charge in [-0.1, -0.05) is 0 Å². The van der Waals surface area contributed by atoms with Crippen LogP contribution in [0.25, 0.3) is 0 Å². The van der Waals surface area contributed by atoms with E-state index in [1.165, 1.54) is 0 Å². The van der Waals surface area contributed by atoms with E-state index in [9.17, 15) is 4.79 Å². The molecule has 5 nitrogen and oxygen atoms in total. The first kappa shape index (κ1) is 7.87. The standard InChI is InChI=1S/C5H3ClN3O2/c6-5-8-2-7-3(9-5)1-4(10)11/h1H2,(H,10,11). The third kappa shape index (κ3) is 2.46. The molecule has 1 N–H and O–H groups in total. The molecule has 0 aliphatic carbocycles. The molecular weight excluding hydrogens is 170 g/mol. The van der Waals surface area contributed by atoms with E-state index in [-0.39, 0.29) is 17.5 Å². The zero-order valence-corrected chi connectivity index (χ0v) is 6.04. The molecule has 57 valence electrons. The second-order valence-electron chi connectivity index (χ2n) is 1.69. The molecule has 1 radical (unpaired) electrons. The summed E-state index contributed by atoms with van der Waals surface area (Å²) in [5.74, 6) is -0.904. The molecule has 1 heterocycles. The summed E-state index contributed by atoms with van der Waals surface area (Å²) < 4.78 is 0. The number of aromatic nitrogens is 3. The van der Waals surface area contributed by atoms with Crippen molar-refractivity contribution < 1.29 is 9.90 Å². The fourth-order valence-corrected chi connectivity index (χ4v) is 0.630. The number of carboxylic acid groups (broad SMARTS) is 1. The smallest absolute Gasteiger partial charge is 0.311 e. The van der Waals surface area contributed by atoms with Gasteiger partial charge in [-0.15, -0.1) is 0 Å². The van der Waals surface area contributed by atoms with Gasteiger partial charge in [-0.05, 0) is 11.6 Å². The number of hydrogen-bond donors (Lipinski definition) is 1. The van der Waals surface area contributed by atoms with Gasteiger partial charge in [0.05, 0.1) is 0 Å². The van der Waals surface area contributed by atoms with Crippen molar-refractivity contribution in [3.63, 3.8) is 0 Å². The predicted octanol–water partition coefficient (Wildman–Crippen LogP) is -0.0477.